The van der Waals surface area contributed by atoms with Crippen LogP contribution in [0, 0.1) is 13.8 Å². The summed E-state index contributed by atoms with van der Waals surface area (Å²) in [6.07, 6.45) is 0. The third kappa shape index (κ3) is 1.45. The number of pyridine rings is 1. The maximum Gasteiger partial charge on any atom is 0.256 e. The van der Waals surface area contributed by atoms with Gasteiger partial charge in [0.2, 0.25) is 0 Å². The predicted octanol–water partition coefficient (Wildman–Crippen LogP) is 3.30. The average Bonchev–Trinajstić information content (AvgIpc) is 2.32. The van der Waals surface area contributed by atoms with E-state index in [1.807, 2.05) is 37.3 Å². The van der Waals surface area contributed by atoms with Crippen molar-refractivity contribution in [2.75, 3.05) is 0 Å². The van der Waals surface area contributed by atoms with E-state index in [1.54, 1.807) is 0 Å². The van der Waals surface area contributed by atoms with Crippen LogP contribution in [-0.4, -0.2) is 4.98 Å². The molecule has 0 unspecified atom stereocenters. The third-order valence-corrected chi connectivity index (χ3v) is 3.34. The van der Waals surface area contributed by atoms with E-state index in [2.05, 4.69) is 18.0 Å². The molecule has 1 N–H and O–H groups in total. The van der Waals surface area contributed by atoms with Gasteiger partial charge in [0.25, 0.3) is 5.56 Å². The molecule has 2 aromatic carbocycles. The van der Waals surface area contributed by atoms with Gasteiger partial charge in [-0.3, -0.25) is 4.79 Å². The van der Waals surface area contributed by atoms with Gasteiger partial charge in [0.15, 0.2) is 0 Å². The molecule has 0 fully saturated rings. The summed E-state index contributed by atoms with van der Waals surface area (Å²) in [5, 5.41) is 2.91. The van der Waals surface area contributed by atoms with Crippen molar-refractivity contribution in [3.63, 3.8) is 0 Å². The largest absolute Gasteiger partial charge is 0.321 e. The van der Waals surface area contributed by atoms with Crippen molar-refractivity contribution < 1.29 is 0 Å². The highest BCUT2D eigenvalue weighted by Crippen LogP contribution is 2.23. The fourth-order valence-corrected chi connectivity index (χ4v) is 2.24. The van der Waals surface area contributed by atoms with Crippen LogP contribution in [0.2, 0.25) is 0 Å². The van der Waals surface area contributed by atoms with Gasteiger partial charge in [-0.15, -0.1) is 0 Å². The number of aryl methyl sites for hydroxylation is 2. The van der Waals surface area contributed by atoms with Crippen LogP contribution in [0.4, 0.5) is 0 Å². The Morgan fingerprint density at radius 3 is 2.29 bits per heavy atom. The van der Waals surface area contributed by atoms with E-state index >= 15 is 0 Å². The van der Waals surface area contributed by atoms with Crippen LogP contribution in [0.3, 0.4) is 0 Å². The van der Waals surface area contributed by atoms with E-state index in [1.165, 1.54) is 5.56 Å². The fraction of sp³-hybridized carbons (Fsp3) is 0.133. The number of nitrogens with one attached hydrogen (secondary N) is 1. The molecule has 3 rings (SSSR count). The molecule has 0 saturated heterocycles. The molecule has 2 nitrogen and oxygen atoms in total. The van der Waals surface area contributed by atoms with Crippen LogP contribution in [0.5, 0.6) is 0 Å². The van der Waals surface area contributed by atoms with E-state index < -0.39 is 0 Å². The van der Waals surface area contributed by atoms with Crippen LogP contribution in [0.25, 0.3) is 21.7 Å². The van der Waals surface area contributed by atoms with E-state index in [0.717, 1.165) is 27.2 Å². The Morgan fingerprint density at radius 2 is 1.53 bits per heavy atom. The normalized spacial score (nSPS) is 11.2. The highest BCUT2D eigenvalue weighted by molar-refractivity contribution is 6.05. The summed E-state index contributed by atoms with van der Waals surface area (Å²) in [6.45, 7) is 4.11. The van der Waals surface area contributed by atoms with Gasteiger partial charge in [-0.2, -0.15) is 0 Å². The molecule has 0 spiro atoms. The van der Waals surface area contributed by atoms with Crippen molar-refractivity contribution in [1.82, 2.24) is 4.98 Å². The summed E-state index contributed by atoms with van der Waals surface area (Å²) < 4.78 is 0. The molecule has 0 aliphatic rings. The van der Waals surface area contributed by atoms with Gasteiger partial charge in [-0.05, 0) is 42.5 Å². The Kier molecular flexibility index (Phi) is 2.05. The number of aromatic amines is 1. The molecule has 3 aromatic rings. The minimum atomic E-state index is -0.0122. The highest BCUT2D eigenvalue weighted by atomic mass is 16.1. The third-order valence-electron chi connectivity index (χ3n) is 3.34. The monoisotopic (exact) mass is 223 g/mol. The Morgan fingerprint density at radius 1 is 0.882 bits per heavy atom. The lowest BCUT2D eigenvalue weighted by Crippen LogP contribution is -2.06. The number of aromatic nitrogens is 1. The van der Waals surface area contributed by atoms with Gasteiger partial charge in [0.1, 0.15) is 0 Å². The van der Waals surface area contributed by atoms with Crippen molar-refractivity contribution in [1.29, 1.82) is 0 Å². The number of rotatable bonds is 0. The second-order valence-corrected chi connectivity index (χ2v) is 4.48. The van der Waals surface area contributed by atoms with Crippen LogP contribution >= 0.6 is 0 Å². The quantitative estimate of drug-likeness (QED) is 0.583. The molecule has 84 valence electrons. The first-order valence-corrected chi connectivity index (χ1v) is 5.69. The molecule has 0 saturated carbocycles. The average molecular weight is 223 g/mol. The van der Waals surface area contributed by atoms with Gasteiger partial charge < -0.3 is 4.98 Å². The smallest absolute Gasteiger partial charge is 0.256 e. The van der Waals surface area contributed by atoms with Crippen molar-refractivity contribution >= 4 is 21.7 Å². The highest BCUT2D eigenvalue weighted by Gasteiger charge is 2.06. The fourth-order valence-electron chi connectivity index (χ4n) is 2.24. The van der Waals surface area contributed by atoms with Gasteiger partial charge >= 0.3 is 0 Å². The van der Waals surface area contributed by atoms with Gasteiger partial charge in [0.05, 0.1) is 0 Å². The number of hydrogen-bond acceptors (Lipinski definition) is 1. The van der Waals surface area contributed by atoms with Gasteiger partial charge in [0, 0.05) is 16.3 Å². The number of fused-ring (bicyclic) bond motifs is 3. The molecule has 0 atom stereocenters. The topological polar surface area (TPSA) is 32.9 Å². The Balaban J connectivity index is 2.65. The van der Waals surface area contributed by atoms with Gasteiger partial charge in [-0.1, -0.05) is 24.3 Å². The first-order chi connectivity index (χ1) is 8.16. The number of benzene rings is 2. The maximum atomic E-state index is 12.0. The SMILES string of the molecule is Cc1cc2c(=O)[nH]c3ccccc3c2cc1C. The molecule has 0 radical (unpaired) electrons. The standard InChI is InChI=1S/C15H13NO/c1-9-7-12-11-5-3-4-6-14(11)16-15(17)13(12)8-10(9)2/h3-8H,1-2H3,(H,16,17). The summed E-state index contributed by atoms with van der Waals surface area (Å²) in [5.74, 6) is 0. The second-order valence-electron chi connectivity index (χ2n) is 4.48. The molecule has 2 heteroatoms. The zero-order chi connectivity index (χ0) is 12.0. The molecule has 0 amide bonds. The lowest BCUT2D eigenvalue weighted by molar-refractivity contribution is 1.32. The second kappa shape index (κ2) is 3.45. The van der Waals surface area contributed by atoms with Crippen LogP contribution < -0.4 is 5.56 Å². The minimum absolute atomic E-state index is 0.0122. The number of hydrogen-bond donors (Lipinski definition) is 1. The van der Waals surface area contributed by atoms with Crippen molar-refractivity contribution in [2.45, 2.75) is 13.8 Å². The van der Waals surface area contributed by atoms with E-state index in [9.17, 15) is 4.79 Å². The summed E-state index contributed by atoms with van der Waals surface area (Å²) in [7, 11) is 0. The number of para-hydroxylation sites is 1. The lowest BCUT2D eigenvalue weighted by Gasteiger charge is -2.06. The summed E-state index contributed by atoms with van der Waals surface area (Å²) in [5.41, 5.74) is 3.25. The van der Waals surface area contributed by atoms with Crippen LogP contribution in [0.15, 0.2) is 41.2 Å². The Hall–Kier alpha value is -2.09. The first-order valence-electron chi connectivity index (χ1n) is 5.69. The van der Waals surface area contributed by atoms with Crippen molar-refractivity contribution in [3.05, 3.63) is 57.9 Å². The molecule has 0 bridgehead atoms. The minimum Gasteiger partial charge on any atom is -0.321 e. The molecular weight excluding hydrogens is 210 g/mol. The predicted molar refractivity (Wildman–Crippen MR) is 71.5 cm³/mol. The van der Waals surface area contributed by atoms with Crippen LogP contribution in [0.1, 0.15) is 11.1 Å². The van der Waals surface area contributed by atoms with E-state index in [4.69, 9.17) is 0 Å². The molecule has 1 heterocycles. The summed E-state index contributed by atoms with van der Waals surface area (Å²) in [6, 6.07) is 12.0. The molecule has 1 aromatic heterocycles. The molecular formula is C15H13NO. The molecule has 0 aliphatic heterocycles. The Bertz CT molecular complexity index is 784. The lowest BCUT2D eigenvalue weighted by atomic mass is 10.0. The maximum absolute atomic E-state index is 12.0. The van der Waals surface area contributed by atoms with E-state index in [0.29, 0.717) is 0 Å². The van der Waals surface area contributed by atoms with Crippen LogP contribution in [-0.2, 0) is 0 Å². The van der Waals surface area contributed by atoms with E-state index in [-0.39, 0.29) is 5.56 Å². The number of H-pyrrole nitrogens is 1. The summed E-state index contributed by atoms with van der Waals surface area (Å²) in [4.78, 5) is 14.9. The molecule has 0 aliphatic carbocycles. The first kappa shape index (κ1) is 10.1. The van der Waals surface area contributed by atoms with Gasteiger partial charge in [-0.25, -0.2) is 0 Å². The van der Waals surface area contributed by atoms with Crippen molar-refractivity contribution in [2.24, 2.45) is 0 Å². The summed E-state index contributed by atoms with van der Waals surface area (Å²) >= 11 is 0. The zero-order valence-electron chi connectivity index (χ0n) is 9.87. The Labute approximate surface area is 98.9 Å². The zero-order valence-corrected chi connectivity index (χ0v) is 9.87. The van der Waals surface area contributed by atoms with Crippen molar-refractivity contribution in [3.8, 4) is 0 Å². The molecule has 17 heavy (non-hydrogen) atoms.